The summed E-state index contributed by atoms with van der Waals surface area (Å²) >= 11 is 0. The van der Waals surface area contributed by atoms with Crippen molar-refractivity contribution in [2.24, 2.45) is 18.9 Å². The Hall–Kier alpha value is -1.15. The number of esters is 2. The van der Waals surface area contributed by atoms with Crippen molar-refractivity contribution < 1.29 is 23.6 Å². The summed E-state index contributed by atoms with van der Waals surface area (Å²) in [6.07, 6.45) is 10.5. The van der Waals surface area contributed by atoms with E-state index < -0.39 is 0 Å². The molecule has 0 amide bonds. The van der Waals surface area contributed by atoms with E-state index in [2.05, 4.69) is 0 Å². The molecule has 156 valence electrons. The molecule has 0 unspecified atom stereocenters. The average molecular weight is 428 g/mol. The lowest BCUT2D eigenvalue weighted by Gasteiger charge is -2.10. The lowest BCUT2D eigenvalue weighted by Crippen LogP contribution is -2.33. The van der Waals surface area contributed by atoms with Gasteiger partial charge in [-0.3, -0.25) is 9.59 Å². The molecule has 0 saturated carbocycles. The van der Waals surface area contributed by atoms with Gasteiger partial charge in [0, 0.05) is 29.8 Å². The molecule has 6 nitrogen and oxygen atoms in total. The van der Waals surface area contributed by atoms with Gasteiger partial charge in [0.25, 0.3) is 0 Å². The third kappa shape index (κ3) is 5.92. The zero-order valence-electron chi connectivity index (χ0n) is 16.8. The normalized spacial score (nSPS) is 24.5. The molecule has 0 spiro atoms. The Morgan fingerprint density at radius 2 is 2.29 bits per heavy atom. The standard InChI is InChI=1S/C20H31N2O4S2/c1-3-18-15(12-25-20(18)24)10-16-11-22(13-21(16)2)14-26-19(23)7-5-4-6-17-8-9-27-28-17/h11,13,15,17-18H,3-10,12,14H2,1-2H3/q+1/t15-,17+,18-/m0/s1. The fraction of sp³-hybridized carbons (Fsp3) is 0.750. The van der Waals surface area contributed by atoms with Crippen LogP contribution in [0.3, 0.4) is 0 Å². The molecule has 3 atom stereocenters. The molecule has 3 rings (SSSR count). The van der Waals surface area contributed by atoms with Crippen LogP contribution >= 0.6 is 21.6 Å². The number of carbonyl (C=O) groups excluding carboxylic acids is 2. The molecule has 1 aromatic rings. The van der Waals surface area contributed by atoms with E-state index >= 15 is 0 Å². The largest absolute Gasteiger partial charge is 0.465 e. The number of aryl methyl sites for hydroxylation is 1. The molecular weight excluding hydrogens is 396 g/mol. The van der Waals surface area contributed by atoms with Crippen LogP contribution in [0.2, 0.25) is 0 Å². The number of hydrogen-bond donors (Lipinski definition) is 0. The first kappa shape index (κ1) is 21.6. The van der Waals surface area contributed by atoms with Crippen molar-refractivity contribution in [3.63, 3.8) is 0 Å². The fourth-order valence-electron chi connectivity index (χ4n) is 3.88. The van der Waals surface area contributed by atoms with Gasteiger partial charge in [0.05, 0.1) is 19.6 Å². The maximum Gasteiger partial charge on any atom is 0.309 e. The van der Waals surface area contributed by atoms with Crippen LogP contribution in [0.4, 0.5) is 0 Å². The van der Waals surface area contributed by atoms with Crippen molar-refractivity contribution in [2.45, 2.75) is 63.9 Å². The van der Waals surface area contributed by atoms with Gasteiger partial charge >= 0.3 is 11.9 Å². The van der Waals surface area contributed by atoms with E-state index in [4.69, 9.17) is 9.47 Å². The van der Waals surface area contributed by atoms with E-state index in [0.29, 0.717) is 13.0 Å². The lowest BCUT2D eigenvalue weighted by molar-refractivity contribution is -0.727. The van der Waals surface area contributed by atoms with E-state index in [1.807, 2.05) is 57.2 Å². The van der Waals surface area contributed by atoms with E-state index in [9.17, 15) is 9.59 Å². The van der Waals surface area contributed by atoms with Crippen molar-refractivity contribution in [3.8, 4) is 0 Å². The van der Waals surface area contributed by atoms with Crippen LogP contribution in [0.5, 0.6) is 0 Å². The van der Waals surface area contributed by atoms with Gasteiger partial charge in [0.2, 0.25) is 13.1 Å². The van der Waals surface area contributed by atoms with Crippen LogP contribution in [-0.2, 0) is 39.3 Å². The molecular formula is C20H31N2O4S2+. The number of hydrogen-bond acceptors (Lipinski definition) is 6. The monoisotopic (exact) mass is 427 g/mol. The van der Waals surface area contributed by atoms with Crippen LogP contribution in [0, 0.1) is 11.8 Å². The summed E-state index contributed by atoms with van der Waals surface area (Å²) in [7, 11) is 5.93. The highest BCUT2D eigenvalue weighted by atomic mass is 33.1. The SMILES string of the molecule is CC[C@@H]1C(=O)OC[C@@H]1Cc1c[n+](COC(=O)CCCC[C@@H]2CCSS2)cn1C. The number of rotatable bonds is 10. The Bertz CT molecular complexity index is 673. The Labute approximate surface area is 175 Å². The number of ether oxygens (including phenoxy) is 2. The predicted octanol–water partition coefficient (Wildman–Crippen LogP) is 3.27. The zero-order valence-corrected chi connectivity index (χ0v) is 18.4. The maximum atomic E-state index is 12.0. The van der Waals surface area contributed by atoms with E-state index in [-0.39, 0.29) is 30.5 Å². The number of unbranched alkanes of at least 4 members (excludes halogenated alkanes) is 1. The highest BCUT2D eigenvalue weighted by Crippen LogP contribution is 2.39. The van der Waals surface area contributed by atoms with Crippen LogP contribution < -0.4 is 4.57 Å². The van der Waals surface area contributed by atoms with Gasteiger partial charge in [0.15, 0.2) is 0 Å². The zero-order chi connectivity index (χ0) is 19.9. The lowest BCUT2D eigenvalue weighted by atomic mass is 9.89. The van der Waals surface area contributed by atoms with Gasteiger partial charge < -0.3 is 9.47 Å². The average Bonchev–Trinajstić information content (AvgIpc) is 3.39. The Morgan fingerprint density at radius 1 is 1.43 bits per heavy atom. The third-order valence-corrected chi connectivity index (χ3v) is 8.58. The Morgan fingerprint density at radius 3 is 3.04 bits per heavy atom. The molecule has 0 radical (unpaired) electrons. The summed E-state index contributed by atoms with van der Waals surface area (Å²) in [6, 6.07) is 0. The first-order valence-corrected chi connectivity index (χ1v) is 12.6. The Kier molecular flexibility index (Phi) is 8.14. The second kappa shape index (κ2) is 10.6. The van der Waals surface area contributed by atoms with Crippen LogP contribution in [0.15, 0.2) is 12.5 Å². The fourth-order valence-corrected chi connectivity index (χ4v) is 6.91. The van der Waals surface area contributed by atoms with Crippen LogP contribution in [-0.4, -0.2) is 34.1 Å². The van der Waals surface area contributed by atoms with E-state index in [1.165, 1.54) is 18.6 Å². The van der Waals surface area contributed by atoms with Crippen LogP contribution in [0.1, 0.15) is 51.1 Å². The third-order valence-electron chi connectivity index (χ3n) is 5.57. The molecule has 2 aliphatic heterocycles. The minimum atomic E-state index is -0.132. The smallest absolute Gasteiger partial charge is 0.309 e. The van der Waals surface area contributed by atoms with Gasteiger partial charge in [-0.2, -0.15) is 0 Å². The molecule has 2 aliphatic rings. The summed E-state index contributed by atoms with van der Waals surface area (Å²) in [6.45, 7) is 2.76. The highest BCUT2D eigenvalue weighted by Gasteiger charge is 2.36. The molecule has 28 heavy (non-hydrogen) atoms. The first-order chi connectivity index (χ1) is 13.6. The molecule has 8 heteroatoms. The minimum Gasteiger partial charge on any atom is -0.465 e. The molecule has 0 bridgehead atoms. The second-order valence-electron chi connectivity index (χ2n) is 7.69. The first-order valence-electron chi connectivity index (χ1n) is 10.2. The molecule has 0 aliphatic carbocycles. The summed E-state index contributed by atoms with van der Waals surface area (Å²) in [4.78, 5) is 23.8. The number of nitrogens with zero attached hydrogens (tertiary/aromatic N) is 2. The molecule has 0 aromatic carbocycles. The maximum absolute atomic E-state index is 12.0. The topological polar surface area (TPSA) is 61.4 Å². The Balaban J connectivity index is 1.38. The summed E-state index contributed by atoms with van der Waals surface area (Å²) < 4.78 is 14.6. The van der Waals surface area contributed by atoms with Crippen molar-refractivity contribution in [3.05, 3.63) is 18.2 Å². The molecule has 1 aromatic heterocycles. The molecule has 0 N–H and O–H groups in total. The summed E-state index contributed by atoms with van der Waals surface area (Å²) in [5, 5.41) is 0.771. The number of aromatic nitrogens is 2. The van der Waals surface area contributed by atoms with E-state index in [0.717, 1.165) is 36.6 Å². The van der Waals surface area contributed by atoms with Crippen molar-refractivity contribution in [2.75, 3.05) is 12.4 Å². The summed E-state index contributed by atoms with van der Waals surface area (Å²) in [5.74, 6) is 1.26. The van der Waals surface area contributed by atoms with Crippen molar-refractivity contribution in [1.82, 2.24) is 4.57 Å². The van der Waals surface area contributed by atoms with Gasteiger partial charge in [-0.1, -0.05) is 34.9 Å². The minimum absolute atomic E-state index is 0.0117. The highest BCUT2D eigenvalue weighted by molar-refractivity contribution is 8.77. The number of imidazole rings is 1. The van der Waals surface area contributed by atoms with Gasteiger partial charge in [-0.05, 0) is 25.7 Å². The summed E-state index contributed by atoms with van der Waals surface area (Å²) in [5.41, 5.74) is 1.12. The van der Waals surface area contributed by atoms with Gasteiger partial charge in [0.1, 0.15) is 11.9 Å². The van der Waals surface area contributed by atoms with Crippen molar-refractivity contribution >= 4 is 33.5 Å². The quantitative estimate of drug-likeness (QED) is 0.247. The van der Waals surface area contributed by atoms with Crippen molar-refractivity contribution in [1.29, 1.82) is 0 Å². The second-order valence-corrected chi connectivity index (χ2v) is 10.5. The van der Waals surface area contributed by atoms with E-state index in [1.54, 1.807) is 0 Å². The molecule has 2 saturated heterocycles. The van der Waals surface area contributed by atoms with Gasteiger partial charge in [-0.25, -0.2) is 9.13 Å². The van der Waals surface area contributed by atoms with Crippen LogP contribution in [0.25, 0.3) is 0 Å². The number of cyclic esters (lactones) is 1. The van der Waals surface area contributed by atoms with Gasteiger partial charge in [-0.15, -0.1) is 0 Å². The predicted molar refractivity (Wildman–Crippen MR) is 111 cm³/mol. The molecule has 2 fully saturated rings. The molecule has 3 heterocycles. The number of carbonyl (C=O) groups is 2.